The summed E-state index contributed by atoms with van der Waals surface area (Å²) in [5.41, 5.74) is 1.09. The van der Waals surface area contributed by atoms with Crippen LogP contribution < -0.4 is 0 Å². The Morgan fingerprint density at radius 1 is 1.70 bits per heavy atom. The van der Waals surface area contributed by atoms with Gasteiger partial charge in [0.25, 0.3) is 0 Å². The molecule has 1 unspecified atom stereocenters. The van der Waals surface area contributed by atoms with Crippen LogP contribution in [0.25, 0.3) is 0 Å². The molecule has 1 aliphatic carbocycles. The zero-order valence-corrected chi connectivity index (χ0v) is 5.79. The first kappa shape index (κ1) is 6.82. The van der Waals surface area contributed by atoms with Crippen molar-refractivity contribution in [2.45, 2.75) is 6.92 Å². The Labute approximate surface area is 60.4 Å². The highest BCUT2D eigenvalue weighted by atomic mass is 16.1. The Morgan fingerprint density at radius 3 is 3.20 bits per heavy atom. The third-order valence-corrected chi connectivity index (χ3v) is 1.26. The fourth-order valence-corrected chi connectivity index (χ4v) is 0.683. The molecule has 1 rings (SSSR count). The predicted molar refractivity (Wildman–Crippen MR) is 40.2 cm³/mol. The first-order chi connectivity index (χ1) is 4.83. The van der Waals surface area contributed by atoms with Crippen molar-refractivity contribution in [1.82, 2.24) is 0 Å². The van der Waals surface area contributed by atoms with Crippen LogP contribution in [-0.4, -0.2) is 6.29 Å². The minimum atomic E-state index is -0.214. The lowest BCUT2D eigenvalue weighted by molar-refractivity contribution is -0.108. The number of hydrogen-bond acceptors (Lipinski definition) is 1. The van der Waals surface area contributed by atoms with Gasteiger partial charge in [-0.3, -0.25) is 0 Å². The second-order valence-corrected chi connectivity index (χ2v) is 2.20. The molecule has 0 amide bonds. The molecule has 0 N–H and O–H groups in total. The second-order valence-electron chi connectivity index (χ2n) is 2.20. The third kappa shape index (κ3) is 1.60. The van der Waals surface area contributed by atoms with Gasteiger partial charge >= 0.3 is 0 Å². The number of hydrogen-bond donors (Lipinski definition) is 0. The minimum Gasteiger partial charge on any atom is -0.302 e. The van der Waals surface area contributed by atoms with Crippen LogP contribution in [0.4, 0.5) is 0 Å². The largest absolute Gasteiger partial charge is 0.302 e. The van der Waals surface area contributed by atoms with Crippen molar-refractivity contribution in [3.63, 3.8) is 0 Å². The molecule has 1 heteroatoms. The predicted octanol–water partition coefficient (Wildman–Crippen LogP) is 1.32. The number of carbonyl (C=O) groups excluding carboxylic acids is 1. The van der Waals surface area contributed by atoms with E-state index < -0.39 is 0 Å². The van der Waals surface area contributed by atoms with E-state index in [2.05, 4.69) is 11.8 Å². The molecule has 0 saturated heterocycles. The summed E-state index contributed by atoms with van der Waals surface area (Å²) in [5, 5.41) is 0. The van der Waals surface area contributed by atoms with Crippen LogP contribution >= 0.6 is 0 Å². The van der Waals surface area contributed by atoms with Gasteiger partial charge in [-0.2, -0.15) is 0 Å². The first-order valence-corrected chi connectivity index (χ1v) is 3.14. The van der Waals surface area contributed by atoms with Crippen LogP contribution in [-0.2, 0) is 4.79 Å². The normalized spacial score (nSPS) is 22.1. The van der Waals surface area contributed by atoms with Gasteiger partial charge in [0.05, 0.1) is 5.92 Å². The van der Waals surface area contributed by atoms with Gasteiger partial charge in [0.15, 0.2) is 0 Å². The summed E-state index contributed by atoms with van der Waals surface area (Å²) >= 11 is 0. The van der Waals surface area contributed by atoms with Crippen molar-refractivity contribution in [3.05, 3.63) is 23.8 Å². The summed E-state index contributed by atoms with van der Waals surface area (Å²) in [6, 6.07) is 0. The van der Waals surface area contributed by atoms with E-state index in [9.17, 15) is 4.79 Å². The van der Waals surface area contributed by atoms with Crippen molar-refractivity contribution >= 4 is 6.29 Å². The van der Waals surface area contributed by atoms with Crippen LogP contribution in [0.2, 0.25) is 0 Å². The monoisotopic (exact) mass is 132 g/mol. The molecule has 1 atom stereocenters. The van der Waals surface area contributed by atoms with E-state index in [0.717, 1.165) is 11.9 Å². The number of aldehydes is 1. The van der Waals surface area contributed by atoms with Gasteiger partial charge in [0.2, 0.25) is 0 Å². The van der Waals surface area contributed by atoms with Crippen LogP contribution in [0.3, 0.4) is 0 Å². The minimum absolute atomic E-state index is 0.214. The van der Waals surface area contributed by atoms with Gasteiger partial charge in [-0.05, 0) is 18.6 Å². The molecular weight excluding hydrogens is 124 g/mol. The molecule has 0 fully saturated rings. The quantitative estimate of drug-likeness (QED) is 0.388. The summed E-state index contributed by atoms with van der Waals surface area (Å²) in [6.07, 6.45) is 6.35. The van der Waals surface area contributed by atoms with Crippen molar-refractivity contribution in [1.29, 1.82) is 0 Å². The van der Waals surface area contributed by atoms with E-state index in [-0.39, 0.29) is 5.92 Å². The molecule has 0 aromatic carbocycles. The Kier molecular flexibility index (Phi) is 2.07. The molecule has 0 aliphatic heterocycles. The Hall–Kier alpha value is -1.29. The smallest absolute Gasteiger partial charge is 0.138 e. The zero-order valence-electron chi connectivity index (χ0n) is 5.79. The molecule has 0 radical (unpaired) electrons. The Balaban J connectivity index is 2.82. The molecule has 1 aliphatic rings. The highest BCUT2D eigenvalue weighted by Crippen LogP contribution is 2.02. The Morgan fingerprint density at radius 2 is 2.50 bits per heavy atom. The zero-order chi connectivity index (χ0) is 7.40. The summed E-state index contributed by atoms with van der Waals surface area (Å²) < 4.78 is 0. The molecule has 0 aromatic heterocycles. The molecule has 1 nitrogen and oxygen atoms in total. The average Bonchev–Trinajstić information content (AvgIpc) is 2.14. The van der Waals surface area contributed by atoms with Gasteiger partial charge in [0, 0.05) is 0 Å². The third-order valence-electron chi connectivity index (χ3n) is 1.26. The molecule has 0 spiro atoms. The average molecular weight is 132 g/mol. The summed E-state index contributed by atoms with van der Waals surface area (Å²) in [6.45, 7) is 1.96. The summed E-state index contributed by atoms with van der Waals surface area (Å²) in [5.74, 6) is 5.36. The van der Waals surface area contributed by atoms with Crippen molar-refractivity contribution in [3.8, 4) is 11.8 Å². The van der Waals surface area contributed by atoms with E-state index in [4.69, 9.17) is 0 Å². The van der Waals surface area contributed by atoms with E-state index >= 15 is 0 Å². The molecule has 50 valence electrons. The van der Waals surface area contributed by atoms with Gasteiger partial charge in [-0.25, -0.2) is 0 Å². The number of allylic oxidation sites excluding steroid dienone is 4. The SMILES string of the molecule is CC1=CC#CC(C=O)C=C1. The number of carbonyl (C=O) groups is 1. The first-order valence-electron chi connectivity index (χ1n) is 3.14. The highest BCUT2D eigenvalue weighted by molar-refractivity contribution is 5.63. The van der Waals surface area contributed by atoms with Crippen LogP contribution in [0.15, 0.2) is 23.8 Å². The van der Waals surface area contributed by atoms with E-state index in [0.29, 0.717) is 0 Å². The van der Waals surface area contributed by atoms with Gasteiger partial charge in [0.1, 0.15) is 6.29 Å². The molecular formula is C9H8O. The molecule has 0 saturated carbocycles. The lowest BCUT2D eigenvalue weighted by Crippen LogP contribution is -1.91. The van der Waals surface area contributed by atoms with Crippen molar-refractivity contribution in [2.75, 3.05) is 0 Å². The standard InChI is InChI=1S/C9H8O/c1-8-3-2-4-9(7-10)6-5-8/h3,5-7,9H,1H3. The molecule has 0 aromatic rings. The molecule has 0 heterocycles. The highest BCUT2D eigenvalue weighted by Gasteiger charge is 1.96. The maximum Gasteiger partial charge on any atom is 0.138 e. The fourth-order valence-electron chi connectivity index (χ4n) is 0.683. The fraction of sp³-hybridized carbons (Fsp3) is 0.222. The Bertz CT molecular complexity index is 248. The summed E-state index contributed by atoms with van der Waals surface area (Å²) in [4.78, 5) is 10.2. The second kappa shape index (κ2) is 3.03. The number of rotatable bonds is 1. The maximum atomic E-state index is 10.2. The van der Waals surface area contributed by atoms with Crippen LogP contribution in [0.5, 0.6) is 0 Å². The lowest BCUT2D eigenvalue weighted by Gasteiger charge is -1.88. The summed E-state index contributed by atoms with van der Waals surface area (Å²) in [7, 11) is 0. The van der Waals surface area contributed by atoms with Gasteiger partial charge < -0.3 is 4.79 Å². The van der Waals surface area contributed by atoms with E-state index in [1.54, 1.807) is 12.2 Å². The van der Waals surface area contributed by atoms with Crippen molar-refractivity contribution in [2.24, 2.45) is 5.92 Å². The topological polar surface area (TPSA) is 17.1 Å². The van der Waals surface area contributed by atoms with Gasteiger partial charge in [-0.15, -0.1) is 0 Å². The maximum absolute atomic E-state index is 10.2. The van der Waals surface area contributed by atoms with E-state index in [1.165, 1.54) is 0 Å². The lowest BCUT2D eigenvalue weighted by atomic mass is 10.1. The van der Waals surface area contributed by atoms with E-state index in [1.807, 2.05) is 13.0 Å². The van der Waals surface area contributed by atoms with Gasteiger partial charge in [-0.1, -0.05) is 24.0 Å². The molecule has 0 bridgehead atoms. The van der Waals surface area contributed by atoms with Crippen LogP contribution in [0, 0.1) is 17.8 Å². The van der Waals surface area contributed by atoms with Crippen molar-refractivity contribution < 1.29 is 4.79 Å². The molecule has 10 heavy (non-hydrogen) atoms. The van der Waals surface area contributed by atoms with Crippen LogP contribution in [0.1, 0.15) is 6.92 Å².